The molecule has 1 aromatic rings. The van der Waals surface area contributed by atoms with Gasteiger partial charge in [-0.3, -0.25) is 0 Å². The number of allylic oxidation sites excluding steroid dienone is 4. The summed E-state index contributed by atoms with van der Waals surface area (Å²) in [6, 6.07) is 10.0. The molecular formula is C15H16O2. The Balaban J connectivity index is 0.000000302. The summed E-state index contributed by atoms with van der Waals surface area (Å²) in [6.07, 6.45) is 9.15. The first-order chi connectivity index (χ1) is 8.20. The molecule has 0 atom stereocenters. The Kier molecular flexibility index (Phi) is 8.77. The summed E-state index contributed by atoms with van der Waals surface area (Å²) in [6.45, 7) is 7.04. The maximum absolute atomic E-state index is 9.82. The number of benzene rings is 1. The van der Waals surface area contributed by atoms with E-state index in [1.54, 1.807) is 18.2 Å². The Bertz CT molecular complexity index is 400. The fourth-order valence-corrected chi connectivity index (χ4v) is 0.870. The number of aliphatic carboxylic acids is 1. The Labute approximate surface area is 102 Å². The molecule has 0 aliphatic heterocycles. The van der Waals surface area contributed by atoms with Gasteiger partial charge in [0.2, 0.25) is 0 Å². The molecule has 0 saturated heterocycles. The van der Waals surface area contributed by atoms with E-state index in [1.165, 1.54) is 11.6 Å². The number of rotatable bonds is 4. The van der Waals surface area contributed by atoms with Crippen molar-refractivity contribution in [2.45, 2.75) is 0 Å². The predicted molar refractivity (Wildman–Crippen MR) is 72.6 cm³/mol. The van der Waals surface area contributed by atoms with Crippen LogP contribution in [0.2, 0.25) is 0 Å². The van der Waals surface area contributed by atoms with E-state index in [0.717, 1.165) is 6.08 Å². The van der Waals surface area contributed by atoms with Crippen LogP contribution in [0.5, 0.6) is 0 Å². The normalized spacial score (nSPS) is 9.65. The summed E-state index contributed by atoms with van der Waals surface area (Å²) >= 11 is 0. The van der Waals surface area contributed by atoms with Crippen molar-refractivity contribution in [3.05, 3.63) is 79.4 Å². The van der Waals surface area contributed by atoms with Crippen molar-refractivity contribution in [3.63, 3.8) is 0 Å². The molecule has 1 N–H and O–H groups in total. The van der Waals surface area contributed by atoms with E-state index < -0.39 is 5.97 Å². The van der Waals surface area contributed by atoms with Crippen molar-refractivity contribution >= 4 is 12.0 Å². The number of hydrogen-bond acceptors (Lipinski definition) is 1. The highest BCUT2D eigenvalue weighted by atomic mass is 16.4. The lowest BCUT2D eigenvalue weighted by Gasteiger charge is -1.85. The molecule has 0 amide bonds. The molecule has 0 unspecified atom stereocenters. The number of hydrogen-bond donors (Lipinski definition) is 1. The van der Waals surface area contributed by atoms with Crippen LogP contribution < -0.4 is 0 Å². The van der Waals surface area contributed by atoms with Crippen LogP contribution >= 0.6 is 0 Å². The van der Waals surface area contributed by atoms with Gasteiger partial charge in [-0.1, -0.05) is 73.9 Å². The predicted octanol–water partition coefficient (Wildman–Crippen LogP) is 3.70. The SMILES string of the molecule is C=CC=CC=CC(=O)O.C=Cc1ccccc1. The molecule has 0 bridgehead atoms. The molecule has 0 fully saturated rings. The molecule has 2 heteroatoms. The van der Waals surface area contributed by atoms with Gasteiger partial charge in [-0.2, -0.15) is 0 Å². The van der Waals surface area contributed by atoms with Crippen LogP contribution in [-0.2, 0) is 4.79 Å². The number of carbonyl (C=O) groups is 1. The van der Waals surface area contributed by atoms with Gasteiger partial charge in [-0.05, 0) is 5.56 Å². The lowest BCUT2D eigenvalue weighted by atomic mass is 10.2. The molecule has 1 rings (SSSR count). The van der Waals surface area contributed by atoms with Crippen molar-refractivity contribution in [3.8, 4) is 0 Å². The summed E-state index contributed by atoms with van der Waals surface area (Å²) in [5.74, 6) is -0.941. The molecule has 0 saturated carbocycles. The molecule has 17 heavy (non-hydrogen) atoms. The minimum atomic E-state index is -0.941. The standard InChI is InChI=1S/C8H8.C7H8O2/c1-2-8-6-4-3-5-7-8;1-2-3-4-5-6-7(8)9/h2-7H,1H2;2-6H,1H2,(H,8,9). The van der Waals surface area contributed by atoms with E-state index in [2.05, 4.69) is 13.2 Å². The van der Waals surface area contributed by atoms with Gasteiger partial charge >= 0.3 is 5.97 Å². The van der Waals surface area contributed by atoms with E-state index in [-0.39, 0.29) is 0 Å². The summed E-state index contributed by atoms with van der Waals surface area (Å²) in [4.78, 5) is 9.82. The van der Waals surface area contributed by atoms with Gasteiger partial charge in [-0.15, -0.1) is 0 Å². The fourth-order valence-electron chi connectivity index (χ4n) is 0.870. The molecule has 0 heterocycles. The quantitative estimate of drug-likeness (QED) is 0.630. The highest BCUT2D eigenvalue weighted by Crippen LogP contribution is 1.97. The zero-order chi connectivity index (χ0) is 12.9. The largest absolute Gasteiger partial charge is 0.478 e. The van der Waals surface area contributed by atoms with Crippen LogP contribution in [0, 0.1) is 0 Å². The van der Waals surface area contributed by atoms with E-state index in [0.29, 0.717) is 0 Å². The smallest absolute Gasteiger partial charge is 0.328 e. The van der Waals surface area contributed by atoms with Crippen molar-refractivity contribution in [1.82, 2.24) is 0 Å². The maximum atomic E-state index is 9.82. The molecule has 0 aliphatic rings. The van der Waals surface area contributed by atoms with Gasteiger partial charge in [0.05, 0.1) is 0 Å². The van der Waals surface area contributed by atoms with Crippen LogP contribution in [0.3, 0.4) is 0 Å². The molecule has 0 radical (unpaired) electrons. The summed E-state index contributed by atoms with van der Waals surface area (Å²) < 4.78 is 0. The Morgan fingerprint density at radius 2 is 1.71 bits per heavy atom. The van der Waals surface area contributed by atoms with E-state index in [9.17, 15) is 4.79 Å². The van der Waals surface area contributed by atoms with Gasteiger partial charge < -0.3 is 5.11 Å². The minimum absolute atomic E-state index is 0.941. The Morgan fingerprint density at radius 3 is 2.12 bits per heavy atom. The number of carboxylic acid groups (broad SMARTS) is 1. The zero-order valence-corrected chi connectivity index (χ0v) is 9.62. The first kappa shape index (κ1) is 14.6. The highest BCUT2D eigenvalue weighted by Gasteiger charge is 1.78. The van der Waals surface area contributed by atoms with Crippen LogP contribution in [0.1, 0.15) is 5.56 Å². The van der Waals surface area contributed by atoms with Crippen LogP contribution in [0.25, 0.3) is 6.08 Å². The van der Waals surface area contributed by atoms with Crippen molar-refractivity contribution in [2.24, 2.45) is 0 Å². The van der Waals surface area contributed by atoms with Crippen LogP contribution in [0.15, 0.2) is 73.9 Å². The zero-order valence-electron chi connectivity index (χ0n) is 9.62. The molecule has 0 spiro atoms. The first-order valence-corrected chi connectivity index (χ1v) is 5.07. The van der Waals surface area contributed by atoms with E-state index >= 15 is 0 Å². The third kappa shape index (κ3) is 9.94. The van der Waals surface area contributed by atoms with Gasteiger partial charge in [0.1, 0.15) is 0 Å². The van der Waals surface area contributed by atoms with Crippen LogP contribution in [0.4, 0.5) is 0 Å². The van der Waals surface area contributed by atoms with Crippen molar-refractivity contribution < 1.29 is 9.90 Å². The second kappa shape index (κ2) is 10.2. The average molecular weight is 228 g/mol. The van der Waals surface area contributed by atoms with Crippen LogP contribution in [-0.4, -0.2) is 11.1 Å². The van der Waals surface area contributed by atoms with E-state index in [1.807, 2.05) is 36.4 Å². The summed E-state index contributed by atoms with van der Waals surface area (Å²) in [7, 11) is 0. The first-order valence-electron chi connectivity index (χ1n) is 5.07. The van der Waals surface area contributed by atoms with Gasteiger partial charge in [0, 0.05) is 6.08 Å². The average Bonchev–Trinajstić information content (AvgIpc) is 2.36. The fraction of sp³-hybridized carbons (Fsp3) is 0. The monoisotopic (exact) mass is 228 g/mol. The Morgan fingerprint density at radius 1 is 1.06 bits per heavy atom. The van der Waals surface area contributed by atoms with Crippen molar-refractivity contribution in [1.29, 1.82) is 0 Å². The molecular weight excluding hydrogens is 212 g/mol. The van der Waals surface area contributed by atoms with E-state index in [4.69, 9.17) is 5.11 Å². The summed E-state index contributed by atoms with van der Waals surface area (Å²) in [5, 5.41) is 8.07. The van der Waals surface area contributed by atoms with Gasteiger partial charge in [-0.25, -0.2) is 4.79 Å². The molecule has 1 aromatic carbocycles. The Hall–Kier alpha value is -2.35. The van der Waals surface area contributed by atoms with Gasteiger partial charge in [0.15, 0.2) is 0 Å². The lowest BCUT2D eigenvalue weighted by Crippen LogP contribution is -1.83. The summed E-state index contributed by atoms with van der Waals surface area (Å²) in [5.41, 5.74) is 1.17. The highest BCUT2D eigenvalue weighted by molar-refractivity contribution is 5.80. The number of carboxylic acids is 1. The second-order valence-electron chi connectivity index (χ2n) is 2.93. The molecule has 0 aliphatic carbocycles. The topological polar surface area (TPSA) is 37.3 Å². The molecule has 0 aromatic heterocycles. The maximum Gasteiger partial charge on any atom is 0.328 e. The third-order valence-electron chi connectivity index (χ3n) is 1.63. The van der Waals surface area contributed by atoms with Gasteiger partial charge in [0.25, 0.3) is 0 Å². The minimum Gasteiger partial charge on any atom is -0.478 e. The van der Waals surface area contributed by atoms with Crippen molar-refractivity contribution in [2.75, 3.05) is 0 Å². The molecule has 88 valence electrons. The lowest BCUT2D eigenvalue weighted by molar-refractivity contribution is -0.131. The second-order valence-corrected chi connectivity index (χ2v) is 2.93. The third-order valence-corrected chi connectivity index (χ3v) is 1.63. The molecule has 2 nitrogen and oxygen atoms in total.